The van der Waals surface area contributed by atoms with Crippen molar-refractivity contribution in [3.63, 3.8) is 0 Å². The van der Waals surface area contributed by atoms with Crippen molar-refractivity contribution in [3.05, 3.63) is 65.9 Å². The molecule has 0 unspecified atom stereocenters. The third-order valence-corrected chi connectivity index (χ3v) is 4.25. The number of amides is 1. The van der Waals surface area contributed by atoms with Crippen molar-refractivity contribution in [2.75, 3.05) is 11.9 Å². The Bertz CT molecular complexity index is 1020. The molecule has 5 nitrogen and oxygen atoms in total. The number of rotatable bonds is 6. The molecule has 3 rings (SSSR count). The monoisotopic (exact) mass is 359 g/mol. The molecule has 0 radical (unpaired) electrons. The minimum atomic E-state index is -0.435. The summed E-state index contributed by atoms with van der Waals surface area (Å²) in [7, 11) is 0. The van der Waals surface area contributed by atoms with Gasteiger partial charge in [0.15, 0.2) is 0 Å². The number of carbonyl (C=O) groups excluding carboxylic acids is 1. The highest BCUT2D eigenvalue weighted by Gasteiger charge is 2.12. The van der Waals surface area contributed by atoms with E-state index in [4.69, 9.17) is 4.74 Å². The van der Waals surface area contributed by atoms with E-state index in [2.05, 4.69) is 16.8 Å². The number of ether oxygens (including phenoxy) is 1. The second-order valence-electron chi connectivity index (χ2n) is 5.97. The summed E-state index contributed by atoms with van der Waals surface area (Å²) in [4.78, 5) is 12.5. The lowest BCUT2D eigenvalue weighted by atomic mass is 10.1. The van der Waals surface area contributed by atoms with Gasteiger partial charge in [0.2, 0.25) is 0 Å². The van der Waals surface area contributed by atoms with Gasteiger partial charge in [-0.15, -0.1) is 0 Å². The molecule has 0 spiro atoms. The molecule has 1 aromatic heterocycles. The van der Waals surface area contributed by atoms with Crippen LogP contribution in [0.3, 0.4) is 0 Å². The standard InChI is InChI=1S/C22H21N3O2/c1-3-25-15-17(20-7-5-6-8-21(20)25)13-16(14-23)22(26)24-18-9-11-19(12-10-18)27-4-2/h5-13,15H,3-4H2,1-2H3,(H,24,26)/b16-13+. The Kier molecular flexibility index (Phi) is 5.58. The zero-order valence-corrected chi connectivity index (χ0v) is 15.4. The molecule has 1 amide bonds. The number of hydrogen-bond donors (Lipinski definition) is 1. The van der Waals surface area contributed by atoms with Crippen molar-refractivity contribution in [2.45, 2.75) is 20.4 Å². The molecular weight excluding hydrogens is 338 g/mol. The van der Waals surface area contributed by atoms with Crippen molar-refractivity contribution in [1.82, 2.24) is 4.57 Å². The Morgan fingerprint density at radius 2 is 1.93 bits per heavy atom. The van der Waals surface area contributed by atoms with E-state index in [1.165, 1.54) is 0 Å². The number of para-hydroxylation sites is 1. The number of fused-ring (bicyclic) bond motifs is 1. The van der Waals surface area contributed by atoms with E-state index in [1.807, 2.05) is 43.5 Å². The van der Waals surface area contributed by atoms with Crippen molar-refractivity contribution < 1.29 is 9.53 Å². The third kappa shape index (κ3) is 4.01. The predicted octanol–water partition coefficient (Wildman–Crippen LogP) is 4.61. The van der Waals surface area contributed by atoms with Gasteiger partial charge in [0.25, 0.3) is 5.91 Å². The number of benzene rings is 2. The van der Waals surface area contributed by atoms with Crippen LogP contribution in [0.1, 0.15) is 19.4 Å². The van der Waals surface area contributed by atoms with Gasteiger partial charge in [0.1, 0.15) is 17.4 Å². The maximum atomic E-state index is 12.5. The summed E-state index contributed by atoms with van der Waals surface area (Å²) in [5.74, 6) is 0.300. The Balaban J connectivity index is 1.86. The average molecular weight is 359 g/mol. The second kappa shape index (κ2) is 8.24. The lowest BCUT2D eigenvalue weighted by Gasteiger charge is -2.06. The van der Waals surface area contributed by atoms with E-state index in [0.29, 0.717) is 12.3 Å². The van der Waals surface area contributed by atoms with Gasteiger partial charge in [0, 0.05) is 34.9 Å². The number of hydrogen-bond acceptors (Lipinski definition) is 3. The molecular formula is C22H21N3O2. The summed E-state index contributed by atoms with van der Waals surface area (Å²) in [5, 5.41) is 13.3. The van der Waals surface area contributed by atoms with Crippen LogP contribution in [0.5, 0.6) is 5.75 Å². The molecule has 2 aromatic carbocycles. The predicted molar refractivity (Wildman–Crippen MR) is 107 cm³/mol. The topological polar surface area (TPSA) is 67.0 Å². The molecule has 0 saturated carbocycles. The molecule has 3 aromatic rings. The van der Waals surface area contributed by atoms with Crippen LogP contribution in [0.15, 0.2) is 60.3 Å². The first-order chi connectivity index (χ1) is 13.2. The number of anilines is 1. The molecule has 5 heteroatoms. The van der Waals surface area contributed by atoms with Gasteiger partial charge in [-0.1, -0.05) is 18.2 Å². The van der Waals surface area contributed by atoms with Crippen molar-refractivity contribution in [1.29, 1.82) is 5.26 Å². The average Bonchev–Trinajstić information content (AvgIpc) is 3.05. The van der Waals surface area contributed by atoms with Crippen molar-refractivity contribution >= 4 is 28.6 Å². The number of nitriles is 1. The highest BCUT2D eigenvalue weighted by atomic mass is 16.5. The van der Waals surface area contributed by atoms with Crippen LogP contribution in [-0.2, 0) is 11.3 Å². The van der Waals surface area contributed by atoms with Gasteiger partial charge in [-0.25, -0.2) is 0 Å². The number of aryl methyl sites for hydroxylation is 1. The summed E-state index contributed by atoms with van der Waals surface area (Å²) in [6, 6.07) is 17.0. The number of carbonyl (C=O) groups is 1. The molecule has 136 valence electrons. The molecule has 0 aliphatic heterocycles. The molecule has 0 saturated heterocycles. The largest absolute Gasteiger partial charge is 0.494 e. The summed E-state index contributed by atoms with van der Waals surface area (Å²) in [5.41, 5.74) is 2.60. The number of aromatic nitrogens is 1. The van der Waals surface area contributed by atoms with Crippen molar-refractivity contribution in [2.24, 2.45) is 0 Å². The van der Waals surface area contributed by atoms with Crippen LogP contribution in [0.4, 0.5) is 5.69 Å². The minimum absolute atomic E-state index is 0.0582. The molecule has 0 fully saturated rings. The van der Waals surface area contributed by atoms with E-state index in [9.17, 15) is 10.1 Å². The number of nitrogens with zero attached hydrogens (tertiary/aromatic N) is 2. The van der Waals surface area contributed by atoms with Gasteiger partial charge < -0.3 is 14.6 Å². The highest BCUT2D eigenvalue weighted by molar-refractivity contribution is 6.10. The Hall–Kier alpha value is -3.52. The van der Waals surface area contributed by atoms with Crippen LogP contribution in [0.2, 0.25) is 0 Å². The molecule has 0 aliphatic rings. The third-order valence-electron chi connectivity index (χ3n) is 4.25. The minimum Gasteiger partial charge on any atom is -0.494 e. The first kappa shape index (κ1) is 18.3. The van der Waals surface area contributed by atoms with E-state index in [-0.39, 0.29) is 5.57 Å². The molecule has 0 aliphatic carbocycles. The smallest absolute Gasteiger partial charge is 0.266 e. The van der Waals surface area contributed by atoms with Gasteiger partial charge in [-0.2, -0.15) is 5.26 Å². The van der Waals surface area contributed by atoms with E-state index >= 15 is 0 Å². The van der Waals surface area contributed by atoms with Crippen LogP contribution in [-0.4, -0.2) is 17.1 Å². The van der Waals surface area contributed by atoms with Crippen LogP contribution in [0, 0.1) is 11.3 Å². The molecule has 27 heavy (non-hydrogen) atoms. The fourth-order valence-corrected chi connectivity index (χ4v) is 2.96. The summed E-state index contributed by atoms with van der Waals surface area (Å²) in [6.45, 7) is 5.37. The van der Waals surface area contributed by atoms with Crippen LogP contribution in [0.25, 0.3) is 17.0 Å². The maximum Gasteiger partial charge on any atom is 0.266 e. The van der Waals surface area contributed by atoms with Gasteiger partial charge in [-0.3, -0.25) is 4.79 Å². The Morgan fingerprint density at radius 3 is 2.59 bits per heavy atom. The molecule has 0 bridgehead atoms. The highest BCUT2D eigenvalue weighted by Crippen LogP contribution is 2.24. The second-order valence-corrected chi connectivity index (χ2v) is 5.97. The first-order valence-corrected chi connectivity index (χ1v) is 8.90. The SMILES string of the molecule is CCOc1ccc(NC(=O)/C(C#N)=C/c2cn(CC)c3ccccc23)cc1. The fraction of sp³-hybridized carbons (Fsp3) is 0.182. The normalized spacial score (nSPS) is 11.2. The zero-order chi connectivity index (χ0) is 19.2. The molecule has 1 heterocycles. The maximum absolute atomic E-state index is 12.5. The molecule has 1 N–H and O–H groups in total. The lowest BCUT2D eigenvalue weighted by molar-refractivity contribution is -0.112. The first-order valence-electron chi connectivity index (χ1n) is 8.90. The summed E-state index contributed by atoms with van der Waals surface area (Å²) < 4.78 is 7.49. The van der Waals surface area contributed by atoms with E-state index in [0.717, 1.165) is 28.8 Å². The Morgan fingerprint density at radius 1 is 1.19 bits per heavy atom. The van der Waals surface area contributed by atoms with Gasteiger partial charge in [-0.05, 0) is 50.3 Å². The molecule has 0 atom stereocenters. The van der Waals surface area contributed by atoms with Gasteiger partial charge >= 0.3 is 0 Å². The zero-order valence-electron chi connectivity index (χ0n) is 15.4. The van der Waals surface area contributed by atoms with Crippen LogP contribution >= 0.6 is 0 Å². The van der Waals surface area contributed by atoms with Crippen LogP contribution < -0.4 is 10.1 Å². The Labute approximate surface area is 158 Å². The lowest BCUT2D eigenvalue weighted by Crippen LogP contribution is -2.13. The van der Waals surface area contributed by atoms with Crippen molar-refractivity contribution in [3.8, 4) is 11.8 Å². The summed E-state index contributed by atoms with van der Waals surface area (Å²) in [6.07, 6.45) is 3.60. The van der Waals surface area contributed by atoms with Gasteiger partial charge in [0.05, 0.1) is 6.61 Å². The fourth-order valence-electron chi connectivity index (χ4n) is 2.96. The quantitative estimate of drug-likeness (QED) is 0.516. The number of nitrogens with one attached hydrogen (secondary N) is 1. The summed E-state index contributed by atoms with van der Waals surface area (Å²) >= 11 is 0. The van der Waals surface area contributed by atoms with E-state index in [1.54, 1.807) is 30.3 Å². The van der Waals surface area contributed by atoms with E-state index < -0.39 is 5.91 Å².